The van der Waals surface area contributed by atoms with Gasteiger partial charge in [-0.2, -0.15) is 0 Å². The fourth-order valence-corrected chi connectivity index (χ4v) is 7.47. The van der Waals surface area contributed by atoms with Crippen LogP contribution >= 0.6 is 0 Å². The van der Waals surface area contributed by atoms with Crippen LogP contribution in [0.5, 0.6) is 0 Å². The monoisotopic (exact) mass is 655 g/mol. The highest BCUT2D eigenvalue weighted by Crippen LogP contribution is 2.40. The smallest absolute Gasteiger partial charge is 0.167 e. The molecule has 4 aromatic heterocycles. The Kier molecular flexibility index (Phi) is 5.86. The van der Waals surface area contributed by atoms with Crippen molar-refractivity contribution in [3.8, 4) is 45.3 Å². The first-order valence-electron chi connectivity index (χ1n) is 16.9. The molecule has 11 aromatic rings. The Morgan fingerprint density at radius 2 is 0.784 bits per heavy atom. The summed E-state index contributed by atoms with van der Waals surface area (Å²) in [4.78, 5) is 15.5. The van der Waals surface area contributed by atoms with E-state index < -0.39 is 0 Å². The van der Waals surface area contributed by atoms with Crippen LogP contribution in [0.2, 0.25) is 0 Å². The number of hydrogen-bond donors (Lipinski definition) is 0. The Bertz CT molecular complexity index is 3170. The summed E-state index contributed by atoms with van der Waals surface area (Å²) in [6, 6.07) is 51.0. The minimum absolute atomic E-state index is 0.526. The predicted molar refractivity (Wildman–Crippen MR) is 203 cm³/mol. The van der Waals surface area contributed by atoms with E-state index in [9.17, 15) is 0 Å². The Hall–Kier alpha value is -7.05. The van der Waals surface area contributed by atoms with Gasteiger partial charge >= 0.3 is 0 Å². The molecule has 0 aliphatic heterocycles. The van der Waals surface area contributed by atoms with Crippen LogP contribution in [0.3, 0.4) is 0 Å². The highest BCUT2D eigenvalue weighted by molar-refractivity contribution is 6.14. The van der Waals surface area contributed by atoms with Crippen molar-refractivity contribution >= 4 is 65.8 Å². The Morgan fingerprint density at radius 3 is 1.51 bits per heavy atom. The number of hydrogen-bond acceptors (Lipinski definition) is 6. The quantitative estimate of drug-likeness (QED) is 0.188. The summed E-state index contributed by atoms with van der Waals surface area (Å²) in [5.74, 6) is 1.63. The van der Waals surface area contributed by atoms with Gasteiger partial charge < -0.3 is 13.3 Å². The minimum atomic E-state index is 0.526. The van der Waals surface area contributed by atoms with Crippen LogP contribution in [0.25, 0.3) is 111 Å². The number of fused-ring (bicyclic) bond motifs is 9. The van der Waals surface area contributed by atoms with E-state index in [4.69, 9.17) is 28.2 Å². The van der Waals surface area contributed by atoms with E-state index in [1.807, 2.05) is 91.0 Å². The topological polar surface area (TPSA) is 78.1 Å². The number of para-hydroxylation sites is 4. The summed E-state index contributed by atoms with van der Waals surface area (Å²) in [5, 5.41) is 6.19. The van der Waals surface area contributed by atoms with E-state index in [1.165, 1.54) is 0 Å². The van der Waals surface area contributed by atoms with Crippen molar-refractivity contribution in [2.45, 2.75) is 0 Å². The largest absolute Gasteiger partial charge is 0.456 e. The zero-order valence-electron chi connectivity index (χ0n) is 27.0. The van der Waals surface area contributed by atoms with Crippen LogP contribution in [-0.4, -0.2) is 15.0 Å². The average Bonchev–Trinajstić information content (AvgIpc) is 3.89. The fraction of sp³-hybridized carbons (Fsp3) is 0. The summed E-state index contributed by atoms with van der Waals surface area (Å²) >= 11 is 0. The van der Waals surface area contributed by atoms with Gasteiger partial charge in [0.05, 0.1) is 5.56 Å². The maximum absolute atomic E-state index is 6.47. The van der Waals surface area contributed by atoms with Gasteiger partial charge in [0.25, 0.3) is 0 Å². The summed E-state index contributed by atoms with van der Waals surface area (Å²) < 4.78 is 19.0. The molecule has 6 heteroatoms. The van der Waals surface area contributed by atoms with Gasteiger partial charge in [-0.1, -0.05) is 109 Å². The molecule has 0 saturated heterocycles. The van der Waals surface area contributed by atoms with Crippen molar-refractivity contribution in [1.29, 1.82) is 0 Å². The molecular formula is C45H25N3O3. The maximum Gasteiger partial charge on any atom is 0.167 e. The molecule has 0 spiro atoms. The molecule has 238 valence electrons. The Balaban J connectivity index is 1.17. The molecule has 4 heterocycles. The summed E-state index contributed by atoms with van der Waals surface area (Å²) in [6.45, 7) is 0. The number of benzene rings is 7. The molecule has 0 atom stereocenters. The number of aromatic nitrogens is 3. The van der Waals surface area contributed by atoms with Crippen LogP contribution in [0.4, 0.5) is 0 Å². The lowest BCUT2D eigenvalue weighted by atomic mass is 9.98. The van der Waals surface area contributed by atoms with Crippen LogP contribution < -0.4 is 0 Å². The lowest BCUT2D eigenvalue weighted by molar-refractivity contribution is 0.668. The average molecular weight is 656 g/mol. The Labute approximate surface area is 290 Å². The van der Waals surface area contributed by atoms with Gasteiger partial charge in [0.2, 0.25) is 0 Å². The fourth-order valence-electron chi connectivity index (χ4n) is 7.47. The highest BCUT2D eigenvalue weighted by atomic mass is 16.3. The van der Waals surface area contributed by atoms with Gasteiger partial charge in [0.1, 0.15) is 33.5 Å². The van der Waals surface area contributed by atoms with Crippen molar-refractivity contribution < 1.29 is 13.3 Å². The van der Waals surface area contributed by atoms with Gasteiger partial charge in [-0.3, -0.25) is 0 Å². The van der Waals surface area contributed by atoms with Gasteiger partial charge in [-0.05, 0) is 53.6 Å². The van der Waals surface area contributed by atoms with E-state index in [0.717, 1.165) is 93.6 Å². The summed E-state index contributed by atoms with van der Waals surface area (Å²) in [7, 11) is 0. The van der Waals surface area contributed by atoms with Crippen molar-refractivity contribution in [2.24, 2.45) is 0 Å². The summed E-state index contributed by atoms with van der Waals surface area (Å²) in [5.41, 5.74) is 9.50. The molecule has 51 heavy (non-hydrogen) atoms. The molecule has 0 unspecified atom stereocenters. The van der Waals surface area contributed by atoms with Crippen LogP contribution in [-0.2, 0) is 0 Å². The van der Waals surface area contributed by atoms with Crippen molar-refractivity contribution in [1.82, 2.24) is 15.0 Å². The molecule has 0 aliphatic carbocycles. The zero-order chi connectivity index (χ0) is 33.5. The van der Waals surface area contributed by atoms with E-state index in [1.54, 1.807) is 0 Å². The van der Waals surface area contributed by atoms with Gasteiger partial charge in [-0.25, -0.2) is 15.0 Å². The Morgan fingerprint density at radius 1 is 0.314 bits per heavy atom. The van der Waals surface area contributed by atoms with Crippen LogP contribution in [0.15, 0.2) is 165 Å². The second-order valence-electron chi connectivity index (χ2n) is 12.7. The first kappa shape index (κ1) is 27.9. The van der Waals surface area contributed by atoms with E-state index in [2.05, 4.69) is 60.7 Å². The van der Waals surface area contributed by atoms with Gasteiger partial charge in [-0.15, -0.1) is 0 Å². The second-order valence-corrected chi connectivity index (χ2v) is 12.7. The van der Waals surface area contributed by atoms with Gasteiger partial charge in [0.15, 0.2) is 17.5 Å². The van der Waals surface area contributed by atoms with E-state index in [-0.39, 0.29) is 0 Å². The maximum atomic E-state index is 6.47. The standard InChI is InChI=1S/C45H25N3O3/c1-4-20-35-29(13-1)30-17-8-19-34(42(30)51-35)45-47-43(46-44(48-45)33-18-10-24-39-41(33)32-15-3-6-22-37(32)50-39)27-12-7-11-26(25-27)28-16-9-23-38-40(28)31-14-2-5-21-36(31)49-38/h1-25H. The SMILES string of the molecule is c1cc(-c2nc(-c3cccc4c3oc3ccccc34)nc(-c3cccc4oc5ccccc5c34)n2)cc(-c2cccc3oc4ccccc4c23)c1. The molecule has 0 aliphatic rings. The summed E-state index contributed by atoms with van der Waals surface area (Å²) in [6.07, 6.45) is 0. The molecule has 0 bridgehead atoms. The zero-order valence-corrected chi connectivity index (χ0v) is 27.0. The lowest BCUT2D eigenvalue weighted by Gasteiger charge is -2.11. The predicted octanol–water partition coefficient (Wildman–Crippen LogP) is 12.2. The van der Waals surface area contributed by atoms with Crippen molar-refractivity contribution in [3.05, 3.63) is 152 Å². The highest BCUT2D eigenvalue weighted by Gasteiger charge is 2.21. The molecule has 0 amide bonds. The van der Waals surface area contributed by atoms with Crippen molar-refractivity contribution in [2.75, 3.05) is 0 Å². The third-order valence-electron chi connectivity index (χ3n) is 9.76. The number of furan rings is 3. The molecule has 0 fully saturated rings. The van der Waals surface area contributed by atoms with E-state index in [0.29, 0.717) is 17.5 Å². The second kappa shape index (κ2) is 10.7. The molecule has 6 nitrogen and oxygen atoms in total. The first-order valence-corrected chi connectivity index (χ1v) is 16.9. The van der Waals surface area contributed by atoms with Gasteiger partial charge in [0, 0.05) is 43.4 Å². The van der Waals surface area contributed by atoms with Crippen LogP contribution in [0, 0.1) is 0 Å². The molecule has 0 saturated carbocycles. The number of nitrogens with zero attached hydrogens (tertiary/aromatic N) is 3. The molecule has 0 N–H and O–H groups in total. The van der Waals surface area contributed by atoms with Crippen molar-refractivity contribution in [3.63, 3.8) is 0 Å². The molecular weight excluding hydrogens is 631 g/mol. The third-order valence-corrected chi connectivity index (χ3v) is 9.76. The molecule has 0 radical (unpaired) electrons. The van der Waals surface area contributed by atoms with E-state index >= 15 is 0 Å². The first-order chi connectivity index (χ1) is 25.3. The lowest BCUT2D eigenvalue weighted by Crippen LogP contribution is -2.00. The normalized spacial score (nSPS) is 11.9. The minimum Gasteiger partial charge on any atom is -0.456 e. The molecule has 7 aromatic carbocycles. The third kappa shape index (κ3) is 4.26. The number of rotatable bonds is 4. The molecule has 11 rings (SSSR count). The van der Waals surface area contributed by atoms with Crippen LogP contribution in [0.1, 0.15) is 0 Å².